The van der Waals surface area contributed by atoms with Gasteiger partial charge in [-0.15, -0.1) is 0 Å². The Hall–Kier alpha value is -1.95. The molecule has 2 N–H and O–H groups in total. The topological polar surface area (TPSA) is 65.5 Å². The monoisotopic (exact) mass is 345 g/mol. The number of aromatic nitrogens is 1. The van der Waals surface area contributed by atoms with Gasteiger partial charge in [-0.05, 0) is 43.2 Å². The van der Waals surface area contributed by atoms with Gasteiger partial charge in [-0.3, -0.25) is 14.7 Å². The number of carbonyl (C=O) groups excluding carboxylic acids is 1. The quantitative estimate of drug-likeness (QED) is 0.894. The molecule has 6 heteroatoms. The zero-order valence-electron chi connectivity index (χ0n) is 13.3. The number of pyridine rings is 1. The number of nitrogens with zero attached hydrogens (tertiary/aromatic N) is 2. The van der Waals surface area contributed by atoms with E-state index in [1.807, 2.05) is 12.1 Å². The number of anilines is 1. The van der Waals surface area contributed by atoms with E-state index < -0.39 is 5.60 Å². The van der Waals surface area contributed by atoms with Gasteiger partial charge in [-0.2, -0.15) is 0 Å². The van der Waals surface area contributed by atoms with Crippen LogP contribution in [-0.4, -0.2) is 40.5 Å². The molecule has 24 heavy (non-hydrogen) atoms. The molecule has 0 saturated carbocycles. The summed E-state index contributed by atoms with van der Waals surface area (Å²) in [6, 6.07) is 10.8. The van der Waals surface area contributed by atoms with E-state index in [4.69, 9.17) is 11.6 Å². The van der Waals surface area contributed by atoms with Crippen molar-refractivity contribution < 1.29 is 9.90 Å². The van der Waals surface area contributed by atoms with E-state index in [1.54, 1.807) is 36.7 Å². The van der Waals surface area contributed by atoms with Gasteiger partial charge >= 0.3 is 0 Å². The van der Waals surface area contributed by atoms with Gasteiger partial charge < -0.3 is 10.4 Å². The summed E-state index contributed by atoms with van der Waals surface area (Å²) < 4.78 is 0. The molecule has 1 amide bonds. The number of likely N-dealkylation sites (tertiary alicyclic amines) is 1. The third-order valence-corrected chi connectivity index (χ3v) is 4.63. The van der Waals surface area contributed by atoms with E-state index in [2.05, 4.69) is 15.2 Å². The average molecular weight is 346 g/mol. The maximum atomic E-state index is 12.1. The first-order valence-electron chi connectivity index (χ1n) is 7.96. The van der Waals surface area contributed by atoms with Gasteiger partial charge in [-0.1, -0.05) is 17.7 Å². The summed E-state index contributed by atoms with van der Waals surface area (Å²) >= 11 is 5.83. The SMILES string of the molecule is O=C(CN1CCC(O)(c2cccnc2)CC1)Nc1ccc(Cl)cc1. The van der Waals surface area contributed by atoms with Crippen LogP contribution < -0.4 is 5.32 Å². The molecule has 2 heterocycles. The van der Waals surface area contributed by atoms with Crippen molar-refractivity contribution in [2.75, 3.05) is 25.0 Å². The molecule has 5 nitrogen and oxygen atoms in total. The Morgan fingerprint density at radius 2 is 1.96 bits per heavy atom. The summed E-state index contributed by atoms with van der Waals surface area (Å²) in [4.78, 5) is 18.3. The fraction of sp³-hybridized carbons (Fsp3) is 0.333. The highest BCUT2D eigenvalue weighted by atomic mass is 35.5. The van der Waals surface area contributed by atoms with Crippen molar-refractivity contribution in [3.05, 3.63) is 59.4 Å². The van der Waals surface area contributed by atoms with Gasteiger partial charge in [0, 0.05) is 41.8 Å². The summed E-state index contributed by atoms with van der Waals surface area (Å²) in [5.74, 6) is -0.0656. The Morgan fingerprint density at radius 3 is 2.58 bits per heavy atom. The highest BCUT2D eigenvalue weighted by Crippen LogP contribution is 2.32. The van der Waals surface area contributed by atoms with Gasteiger partial charge in [0.15, 0.2) is 0 Å². The first-order valence-corrected chi connectivity index (χ1v) is 8.34. The van der Waals surface area contributed by atoms with Crippen molar-refractivity contribution in [3.8, 4) is 0 Å². The van der Waals surface area contributed by atoms with Crippen molar-refractivity contribution in [1.29, 1.82) is 0 Å². The van der Waals surface area contributed by atoms with Crippen LogP contribution in [0.4, 0.5) is 5.69 Å². The number of halogens is 1. The number of rotatable bonds is 4. The molecule has 0 aliphatic carbocycles. The lowest BCUT2D eigenvalue weighted by atomic mass is 9.85. The Labute approximate surface area is 146 Å². The van der Waals surface area contributed by atoms with E-state index in [9.17, 15) is 9.90 Å². The van der Waals surface area contributed by atoms with Crippen molar-refractivity contribution in [1.82, 2.24) is 9.88 Å². The van der Waals surface area contributed by atoms with Crippen molar-refractivity contribution >= 4 is 23.2 Å². The van der Waals surface area contributed by atoms with Crippen LogP contribution in [-0.2, 0) is 10.4 Å². The van der Waals surface area contributed by atoms with Gasteiger partial charge in [0.2, 0.25) is 5.91 Å². The summed E-state index contributed by atoms with van der Waals surface area (Å²) in [7, 11) is 0. The molecule has 2 aromatic rings. The standard InChI is InChI=1S/C18H20ClN3O2/c19-15-3-5-16(6-4-15)21-17(23)13-22-10-7-18(24,8-11-22)14-2-1-9-20-12-14/h1-6,9,12,24H,7-8,10-11,13H2,(H,21,23). The minimum Gasteiger partial charge on any atom is -0.385 e. The Morgan fingerprint density at radius 1 is 1.25 bits per heavy atom. The molecule has 0 spiro atoms. The van der Waals surface area contributed by atoms with Crippen molar-refractivity contribution in [3.63, 3.8) is 0 Å². The highest BCUT2D eigenvalue weighted by Gasteiger charge is 2.34. The largest absolute Gasteiger partial charge is 0.385 e. The molecule has 0 bridgehead atoms. The summed E-state index contributed by atoms with van der Waals surface area (Å²) in [5, 5.41) is 14.3. The Kier molecular flexibility index (Phi) is 5.14. The molecule has 0 unspecified atom stereocenters. The molecule has 1 aliphatic heterocycles. The number of nitrogens with one attached hydrogen (secondary N) is 1. The molecule has 126 valence electrons. The molecule has 1 saturated heterocycles. The molecular formula is C18H20ClN3O2. The molecule has 3 rings (SSSR count). The number of amides is 1. The molecule has 1 aromatic heterocycles. The first-order chi connectivity index (χ1) is 11.5. The maximum absolute atomic E-state index is 12.1. The Bertz CT molecular complexity index is 683. The average Bonchev–Trinajstić information content (AvgIpc) is 2.60. The molecular weight excluding hydrogens is 326 g/mol. The second-order valence-corrected chi connectivity index (χ2v) is 6.54. The fourth-order valence-corrected chi connectivity index (χ4v) is 3.07. The van der Waals surface area contributed by atoms with E-state index in [0.717, 1.165) is 11.3 Å². The second kappa shape index (κ2) is 7.30. The van der Waals surface area contributed by atoms with Gasteiger partial charge in [0.05, 0.1) is 12.1 Å². The van der Waals surface area contributed by atoms with Crippen LogP contribution >= 0.6 is 11.6 Å². The summed E-state index contributed by atoms with van der Waals surface area (Å²) in [6.45, 7) is 1.64. The molecule has 1 fully saturated rings. The number of piperidine rings is 1. The van der Waals surface area contributed by atoms with Crippen molar-refractivity contribution in [2.24, 2.45) is 0 Å². The predicted octanol–water partition coefficient (Wildman–Crippen LogP) is 2.66. The van der Waals surface area contributed by atoms with Gasteiger partial charge in [0.25, 0.3) is 0 Å². The molecule has 1 aliphatic rings. The van der Waals surface area contributed by atoms with Crippen LogP contribution in [0.3, 0.4) is 0 Å². The van der Waals surface area contributed by atoms with Crippen LogP contribution in [0.5, 0.6) is 0 Å². The lowest BCUT2D eigenvalue weighted by Crippen LogP contribution is -2.45. The molecule has 0 atom stereocenters. The number of carbonyl (C=O) groups is 1. The minimum atomic E-state index is -0.850. The van der Waals surface area contributed by atoms with Gasteiger partial charge in [-0.25, -0.2) is 0 Å². The van der Waals surface area contributed by atoms with Crippen LogP contribution in [0.1, 0.15) is 18.4 Å². The Balaban J connectivity index is 1.52. The number of benzene rings is 1. The van der Waals surface area contributed by atoms with E-state index in [-0.39, 0.29) is 5.91 Å². The third-order valence-electron chi connectivity index (χ3n) is 4.38. The van der Waals surface area contributed by atoms with Gasteiger partial charge in [0.1, 0.15) is 0 Å². The normalized spacial score (nSPS) is 17.4. The van der Waals surface area contributed by atoms with Crippen LogP contribution in [0, 0.1) is 0 Å². The number of aliphatic hydroxyl groups is 1. The van der Waals surface area contributed by atoms with E-state index >= 15 is 0 Å². The van der Waals surface area contributed by atoms with E-state index in [1.165, 1.54) is 0 Å². The van der Waals surface area contributed by atoms with Crippen molar-refractivity contribution in [2.45, 2.75) is 18.4 Å². The first kappa shape index (κ1) is 16.9. The number of hydrogen-bond donors (Lipinski definition) is 2. The van der Waals surface area contributed by atoms with E-state index in [0.29, 0.717) is 37.5 Å². The number of hydrogen-bond acceptors (Lipinski definition) is 4. The highest BCUT2D eigenvalue weighted by molar-refractivity contribution is 6.30. The zero-order valence-corrected chi connectivity index (χ0v) is 14.0. The maximum Gasteiger partial charge on any atom is 0.238 e. The second-order valence-electron chi connectivity index (χ2n) is 6.10. The smallest absolute Gasteiger partial charge is 0.238 e. The van der Waals surface area contributed by atoms with Crippen LogP contribution in [0.25, 0.3) is 0 Å². The molecule has 0 radical (unpaired) electrons. The predicted molar refractivity (Wildman–Crippen MR) is 93.9 cm³/mol. The van der Waals surface area contributed by atoms with Crippen LogP contribution in [0.15, 0.2) is 48.8 Å². The lowest BCUT2D eigenvalue weighted by molar-refractivity contribution is -0.118. The third kappa shape index (κ3) is 4.12. The summed E-state index contributed by atoms with van der Waals surface area (Å²) in [6.07, 6.45) is 4.59. The zero-order chi connectivity index (χ0) is 17.0. The minimum absolute atomic E-state index is 0.0656. The fourth-order valence-electron chi connectivity index (χ4n) is 2.94. The van der Waals surface area contributed by atoms with Crippen LogP contribution in [0.2, 0.25) is 5.02 Å². The molecule has 1 aromatic carbocycles. The lowest BCUT2D eigenvalue weighted by Gasteiger charge is -2.38. The summed E-state index contributed by atoms with van der Waals surface area (Å²) in [5.41, 5.74) is 0.723.